The van der Waals surface area contributed by atoms with Gasteiger partial charge in [-0.3, -0.25) is 4.57 Å². The minimum Gasteiger partial charge on any atom is -0.408 e. The fourth-order valence-electron chi connectivity index (χ4n) is 2.38. The first kappa shape index (κ1) is 13.1. The molecule has 0 amide bonds. The van der Waals surface area contributed by atoms with Gasteiger partial charge in [-0.25, -0.2) is 4.79 Å². The lowest BCUT2D eigenvalue weighted by molar-refractivity contribution is 0.528. The zero-order chi connectivity index (χ0) is 14.6. The molecule has 0 aliphatic heterocycles. The molecule has 4 aromatic rings. The summed E-state index contributed by atoms with van der Waals surface area (Å²) in [5, 5.41) is 1.85. The van der Waals surface area contributed by atoms with Crippen molar-refractivity contribution >= 4 is 54.8 Å². The maximum absolute atomic E-state index is 11.5. The maximum atomic E-state index is 11.5. The van der Waals surface area contributed by atoms with E-state index in [1.54, 1.807) is 29.7 Å². The average molecular weight is 336 g/mol. The summed E-state index contributed by atoms with van der Waals surface area (Å²) in [6.45, 7) is 0. The molecule has 1 atom stereocenters. The average Bonchev–Trinajstić information content (AvgIpc) is 3.12. The molecular weight excluding hydrogens is 326 g/mol. The van der Waals surface area contributed by atoms with Gasteiger partial charge in [0, 0.05) is 21.3 Å². The molecule has 0 radical (unpaired) electrons. The molecule has 0 fully saturated rings. The minimum absolute atomic E-state index is 0.232. The van der Waals surface area contributed by atoms with Gasteiger partial charge in [0.1, 0.15) is 0 Å². The topological polar surface area (TPSA) is 35.1 Å². The molecule has 0 saturated carbocycles. The van der Waals surface area contributed by atoms with E-state index in [1.165, 1.54) is 14.0 Å². The zero-order valence-corrected chi connectivity index (χ0v) is 13.4. The third kappa shape index (κ3) is 2.04. The minimum atomic E-state index is -0.357. The van der Waals surface area contributed by atoms with E-state index in [4.69, 9.17) is 16.0 Å². The lowest BCUT2D eigenvalue weighted by atomic mass is 10.1. The molecule has 3 nitrogen and oxygen atoms in total. The second kappa shape index (κ2) is 4.73. The fourth-order valence-corrected chi connectivity index (χ4v) is 4.84. The number of aromatic nitrogens is 1. The van der Waals surface area contributed by atoms with Crippen molar-refractivity contribution in [3.8, 4) is 0 Å². The third-order valence-electron chi connectivity index (χ3n) is 3.52. The van der Waals surface area contributed by atoms with Crippen LogP contribution in [0.2, 0.25) is 0 Å². The van der Waals surface area contributed by atoms with Crippen LogP contribution in [0.5, 0.6) is 0 Å². The van der Waals surface area contributed by atoms with Crippen LogP contribution in [-0.2, 0) is 7.05 Å². The van der Waals surface area contributed by atoms with Crippen molar-refractivity contribution in [3.05, 3.63) is 56.7 Å². The van der Waals surface area contributed by atoms with Crippen molar-refractivity contribution in [1.29, 1.82) is 0 Å². The summed E-state index contributed by atoms with van der Waals surface area (Å²) < 4.78 is 9.23. The first-order valence-electron chi connectivity index (χ1n) is 6.34. The first-order valence-corrected chi connectivity index (χ1v) is 8.47. The van der Waals surface area contributed by atoms with Crippen LogP contribution in [0.3, 0.4) is 0 Å². The predicted octanol–water partition coefficient (Wildman–Crippen LogP) is 4.74. The van der Waals surface area contributed by atoms with Gasteiger partial charge in [0.2, 0.25) is 0 Å². The molecular formula is C15H10ClNO2S2. The predicted molar refractivity (Wildman–Crippen MR) is 88.9 cm³/mol. The van der Waals surface area contributed by atoms with Gasteiger partial charge < -0.3 is 4.42 Å². The summed E-state index contributed by atoms with van der Waals surface area (Å²) in [5.74, 6) is -0.357. The monoisotopic (exact) mass is 335 g/mol. The number of hydrogen-bond donors (Lipinski definition) is 0. The van der Waals surface area contributed by atoms with Crippen LogP contribution in [0.1, 0.15) is 15.8 Å². The number of fused-ring (bicyclic) bond motifs is 2. The van der Waals surface area contributed by atoms with E-state index in [0.29, 0.717) is 5.58 Å². The van der Waals surface area contributed by atoms with Gasteiger partial charge in [0.25, 0.3) is 0 Å². The molecule has 6 heteroatoms. The number of rotatable bonds is 2. The largest absolute Gasteiger partial charge is 0.419 e. The van der Waals surface area contributed by atoms with Crippen LogP contribution < -0.4 is 5.76 Å². The van der Waals surface area contributed by atoms with Crippen LogP contribution >= 0.6 is 34.3 Å². The summed E-state index contributed by atoms with van der Waals surface area (Å²) in [4.78, 5) is 12.6. The molecule has 1 unspecified atom stereocenters. The van der Waals surface area contributed by atoms with Gasteiger partial charge in [-0.15, -0.1) is 34.3 Å². The molecule has 0 aliphatic carbocycles. The van der Waals surface area contributed by atoms with Crippen LogP contribution in [0.25, 0.3) is 20.5 Å². The molecule has 0 bridgehead atoms. The van der Waals surface area contributed by atoms with E-state index in [-0.39, 0.29) is 11.1 Å². The standard InChI is InChI=1S/C15H10ClNO2S2/c1-17-9-3-2-8(6-10(9)19-15(17)18)14(16)13-7-12-11(21-13)4-5-20-12/h2-7,14H,1H3. The molecule has 3 aromatic heterocycles. The molecule has 106 valence electrons. The van der Waals surface area contributed by atoms with Crippen molar-refractivity contribution in [2.75, 3.05) is 0 Å². The van der Waals surface area contributed by atoms with E-state index >= 15 is 0 Å². The number of halogens is 1. The van der Waals surface area contributed by atoms with Crippen molar-refractivity contribution in [2.24, 2.45) is 7.05 Å². The van der Waals surface area contributed by atoms with Crippen LogP contribution in [-0.4, -0.2) is 4.57 Å². The fraction of sp³-hybridized carbons (Fsp3) is 0.133. The second-order valence-corrected chi connectivity index (χ2v) is 7.31. The first-order chi connectivity index (χ1) is 10.1. The molecule has 0 spiro atoms. The van der Waals surface area contributed by atoms with Gasteiger partial charge in [0.05, 0.1) is 10.9 Å². The number of nitrogens with zero attached hydrogens (tertiary/aromatic N) is 1. The van der Waals surface area contributed by atoms with Crippen molar-refractivity contribution < 1.29 is 4.42 Å². The molecule has 0 N–H and O–H groups in total. The van der Waals surface area contributed by atoms with E-state index in [9.17, 15) is 4.79 Å². The highest BCUT2D eigenvalue weighted by molar-refractivity contribution is 7.27. The Balaban J connectivity index is 1.81. The number of aryl methyl sites for hydroxylation is 1. The third-order valence-corrected chi connectivity index (χ3v) is 6.29. The SMILES string of the molecule is Cn1c(=O)oc2cc(C(Cl)c3cc4sccc4s3)ccc21. The van der Waals surface area contributed by atoms with Gasteiger partial charge in [0.15, 0.2) is 5.58 Å². The van der Waals surface area contributed by atoms with Crippen LogP contribution in [0, 0.1) is 0 Å². The Morgan fingerprint density at radius 2 is 2.10 bits per heavy atom. The highest BCUT2D eigenvalue weighted by Gasteiger charge is 2.16. The summed E-state index contributed by atoms with van der Waals surface area (Å²) in [7, 11) is 1.69. The maximum Gasteiger partial charge on any atom is 0.419 e. The summed E-state index contributed by atoms with van der Waals surface area (Å²) in [6, 6.07) is 9.91. The van der Waals surface area contributed by atoms with Gasteiger partial charge >= 0.3 is 5.76 Å². The molecule has 3 heterocycles. The highest BCUT2D eigenvalue weighted by atomic mass is 35.5. The summed E-state index contributed by atoms with van der Waals surface area (Å²) in [6.07, 6.45) is 0. The van der Waals surface area contributed by atoms with Crippen molar-refractivity contribution in [3.63, 3.8) is 0 Å². The second-order valence-electron chi connectivity index (χ2n) is 4.81. The van der Waals surface area contributed by atoms with Crippen LogP contribution in [0.15, 0.2) is 44.9 Å². The molecule has 4 rings (SSSR count). The Labute approximate surface area is 133 Å². The molecule has 0 aliphatic rings. The lowest BCUT2D eigenvalue weighted by Gasteiger charge is -2.07. The molecule has 21 heavy (non-hydrogen) atoms. The normalized spacial score (nSPS) is 13.2. The number of alkyl halides is 1. The van der Waals surface area contributed by atoms with Crippen molar-refractivity contribution in [2.45, 2.75) is 5.38 Å². The number of oxazole rings is 1. The van der Waals surface area contributed by atoms with Crippen molar-refractivity contribution in [1.82, 2.24) is 4.57 Å². The van der Waals surface area contributed by atoms with Gasteiger partial charge in [-0.2, -0.15) is 0 Å². The Bertz CT molecular complexity index is 979. The van der Waals surface area contributed by atoms with E-state index < -0.39 is 0 Å². The van der Waals surface area contributed by atoms with Gasteiger partial charge in [-0.05, 0) is 35.2 Å². The van der Waals surface area contributed by atoms with E-state index in [0.717, 1.165) is 16.0 Å². The molecule has 0 saturated heterocycles. The Morgan fingerprint density at radius 1 is 1.24 bits per heavy atom. The Morgan fingerprint density at radius 3 is 2.90 bits per heavy atom. The Hall–Kier alpha value is -1.56. The number of thiophene rings is 2. The quantitative estimate of drug-likeness (QED) is 0.496. The van der Waals surface area contributed by atoms with Gasteiger partial charge in [-0.1, -0.05) is 6.07 Å². The zero-order valence-electron chi connectivity index (χ0n) is 11.0. The smallest absolute Gasteiger partial charge is 0.408 e. The summed E-state index contributed by atoms with van der Waals surface area (Å²) in [5.41, 5.74) is 2.29. The Kier molecular flexibility index (Phi) is 2.96. The number of hydrogen-bond acceptors (Lipinski definition) is 4. The van der Waals surface area contributed by atoms with Crippen LogP contribution in [0.4, 0.5) is 0 Å². The highest BCUT2D eigenvalue weighted by Crippen LogP contribution is 2.39. The van der Waals surface area contributed by atoms with E-state index in [2.05, 4.69) is 17.5 Å². The molecule has 1 aromatic carbocycles. The lowest BCUT2D eigenvalue weighted by Crippen LogP contribution is -2.08. The number of benzene rings is 1. The summed E-state index contributed by atoms with van der Waals surface area (Å²) >= 11 is 10.0. The van der Waals surface area contributed by atoms with E-state index in [1.807, 2.05) is 18.2 Å².